The van der Waals surface area contributed by atoms with Gasteiger partial charge in [0.05, 0.1) is 16.8 Å². The van der Waals surface area contributed by atoms with Gasteiger partial charge in [-0.25, -0.2) is 4.99 Å². The predicted molar refractivity (Wildman–Crippen MR) is 134 cm³/mol. The van der Waals surface area contributed by atoms with Crippen LogP contribution in [0, 0.1) is 5.92 Å². The maximum absolute atomic E-state index is 13.2. The van der Waals surface area contributed by atoms with E-state index in [4.69, 9.17) is 11.6 Å². The number of ketones is 1. The van der Waals surface area contributed by atoms with Crippen molar-refractivity contribution in [3.8, 4) is 5.88 Å². The maximum atomic E-state index is 13.2. The molecule has 0 atom stereocenters. The number of rotatable bonds is 6. The summed E-state index contributed by atoms with van der Waals surface area (Å²) in [5, 5.41) is 14.1. The van der Waals surface area contributed by atoms with Crippen LogP contribution in [0.25, 0.3) is 10.9 Å². The number of Topliss-reactive ketones (excluding diaryl/α,β-unsaturated/α-hetero) is 1. The van der Waals surface area contributed by atoms with Gasteiger partial charge >= 0.3 is 0 Å². The Morgan fingerprint density at radius 2 is 1.94 bits per heavy atom. The number of halogens is 1. The van der Waals surface area contributed by atoms with Gasteiger partial charge < -0.3 is 20.3 Å². The normalized spacial score (nSPS) is 15.9. The number of aliphatic imine (C=N–C) groups is 1. The Hall–Kier alpha value is -3.65. The number of fused-ring (bicyclic) bond motifs is 2. The van der Waals surface area contributed by atoms with E-state index in [9.17, 15) is 19.5 Å². The molecule has 35 heavy (non-hydrogen) atoms. The molecule has 2 amide bonds. The molecule has 1 saturated heterocycles. The van der Waals surface area contributed by atoms with Gasteiger partial charge in [0.1, 0.15) is 11.6 Å². The average molecular weight is 493 g/mol. The molecule has 0 spiro atoms. The van der Waals surface area contributed by atoms with Crippen molar-refractivity contribution >= 4 is 51.5 Å². The SMILES string of the molecule is O=C(NCCC1CCN(C(=O)CCl)CC1)c1ccc2c(c1)C(=O)C(c1c(O)[nH]c3ccccc13)=N2. The first kappa shape index (κ1) is 23.1. The molecule has 0 radical (unpaired) electrons. The van der Waals surface area contributed by atoms with E-state index in [1.54, 1.807) is 23.1 Å². The van der Waals surface area contributed by atoms with Crippen molar-refractivity contribution in [2.45, 2.75) is 19.3 Å². The average Bonchev–Trinajstić information content (AvgIpc) is 3.38. The van der Waals surface area contributed by atoms with Gasteiger partial charge in [0.25, 0.3) is 5.91 Å². The Kier molecular flexibility index (Phi) is 6.30. The number of carbonyl (C=O) groups excluding carboxylic acids is 3. The summed E-state index contributed by atoms with van der Waals surface area (Å²) in [7, 11) is 0. The topological polar surface area (TPSA) is 115 Å². The number of aromatic nitrogens is 1. The second kappa shape index (κ2) is 9.54. The van der Waals surface area contributed by atoms with Gasteiger partial charge in [-0.05, 0) is 49.4 Å². The smallest absolute Gasteiger partial charge is 0.251 e. The van der Waals surface area contributed by atoms with E-state index in [0.717, 1.165) is 19.3 Å². The summed E-state index contributed by atoms with van der Waals surface area (Å²) in [6.07, 6.45) is 2.62. The molecule has 2 aliphatic heterocycles. The zero-order valence-corrected chi connectivity index (χ0v) is 19.8. The minimum Gasteiger partial charge on any atom is -0.494 e. The molecule has 180 valence electrons. The molecule has 3 aromatic rings. The van der Waals surface area contributed by atoms with Gasteiger partial charge in [-0.1, -0.05) is 18.2 Å². The van der Waals surface area contributed by atoms with E-state index in [2.05, 4.69) is 15.3 Å². The van der Waals surface area contributed by atoms with Gasteiger partial charge in [0.2, 0.25) is 11.7 Å². The number of aromatic hydroxyl groups is 1. The number of piperidine rings is 1. The van der Waals surface area contributed by atoms with Gasteiger partial charge in [0.15, 0.2) is 5.88 Å². The van der Waals surface area contributed by atoms with Crippen LogP contribution in [0.15, 0.2) is 47.5 Å². The fourth-order valence-corrected chi connectivity index (χ4v) is 5.01. The van der Waals surface area contributed by atoms with Crippen LogP contribution in [0.2, 0.25) is 0 Å². The number of likely N-dealkylation sites (tertiary alicyclic amines) is 1. The number of alkyl halides is 1. The third kappa shape index (κ3) is 4.41. The van der Waals surface area contributed by atoms with Crippen LogP contribution in [-0.4, -0.2) is 63.8 Å². The Balaban J connectivity index is 1.22. The number of nitrogens with zero attached hydrogens (tertiary/aromatic N) is 2. The number of nitrogens with one attached hydrogen (secondary N) is 2. The van der Waals surface area contributed by atoms with E-state index in [1.807, 2.05) is 24.3 Å². The lowest BCUT2D eigenvalue weighted by atomic mass is 9.93. The van der Waals surface area contributed by atoms with Crippen LogP contribution in [0.1, 0.15) is 45.5 Å². The summed E-state index contributed by atoms with van der Waals surface area (Å²) >= 11 is 5.63. The highest BCUT2D eigenvalue weighted by atomic mass is 35.5. The fraction of sp³-hybridized carbons (Fsp3) is 0.308. The molecule has 3 N–H and O–H groups in total. The predicted octanol–water partition coefficient (Wildman–Crippen LogP) is 3.79. The van der Waals surface area contributed by atoms with E-state index >= 15 is 0 Å². The molecule has 0 unspecified atom stereocenters. The molecule has 0 aliphatic carbocycles. The number of H-pyrrole nitrogens is 1. The molecule has 2 aliphatic rings. The van der Waals surface area contributed by atoms with Crippen LogP contribution in [-0.2, 0) is 4.79 Å². The van der Waals surface area contributed by atoms with Crippen molar-refractivity contribution in [1.29, 1.82) is 0 Å². The van der Waals surface area contributed by atoms with Crippen LogP contribution in [0.3, 0.4) is 0 Å². The first-order valence-electron chi connectivity index (χ1n) is 11.7. The number of benzene rings is 2. The first-order chi connectivity index (χ1) is 17.0. The third-order valence-corrected chi connectivity index (χ3v) is 7.02. The van der Waals surface area contributed by atoms with Gasteiger partial charge in [0, 0.05) is 36.1 Å². The number of aromatic amines is 1. The van der Waals surface area contributed by atoms with Gasteiger partial charge in [-0.2, -0.15) is 0 Å². The zero-order chi connectivity index (χ0) is 24.5. The Bertz CT molecular complexity index is 1350. The van der Waals surface area contributed by atoms with Crippen molar-refractivity contribution in [1.82, 2.24) is 15.2 Å². The summed E-state index contributed by atoms with van der Waals surface area (Å²) < 4.78 is 0. The Morgan fingerprint density at radius 1 is 1.17 bits per heavy atom. The summed E-state index contributed by atoms with van der Waals surface area (Å²) in [4.78, 5) is 46.7. The second-order valence-corrected chi connectivity index (χ2v) is 9.19. The monoisotopic (exact) mass is 492 g/mol. The van der Waals surface area contributed by atoms with Crippen molar-refractivity contribution in [2.24, 2.45) is 10.9 Å². The lowest BCUT2D eigenvalue weighted by Crippen LogP contribution is -2.39. The highest BCUT2D eigenvalue weighted by Crippen LogP contribution is 2.35. The second-order valence-electron chi connectivity index (χ2n) is 8.92. The molecule has 0 saturated carbocycles. The summed E-state index contributed by atoms with van der Waals surface area (Å²) in [6.45, 7) is 1.92. The highest BCUT2D eigenvalue weighted by molar-refractivity contribution is 6.56. The number of hydrogen-bond acceptors (Lipinski definition) is 5. The summed E-state index contributed by atoms with van der Waals surface area (Å²) in [5.74, 6) is -0.263. The first-order valence-corrected chi connectivity index (χ1v) is 12.2. The Labute approximate surface area is 207 Å². The molecule has 2 aromatic carbocycles. The van der Waals surface area contributed by atoms with Crippen molar-refractivity contribution in [2.75, 3.05) is 25.5 Å². The summed E-state index contributed by atoms with van der Waals surface area (Å²) in [6, 6.07) is 12.2. The van der Waals surface area contributed by atoms with Gasteiger partial charge in [-0.3, -0.25) is 14.4 Å². The molecular formula is C26H25ClN4O4. The van der Waals surface area contributed by atoms with Crippen molar-refractivity contribution in [3.63, 3.8) is 0 Å². The molecule has 8 nitrogen and oxygen atoms in total. The van der Waals surface area contributed by atoms with Crippen LogP contribution < -0.4 is 5.32 Å². The lowest BCUT2D eigenvalue weighted by molar-refractivity contribution is -0.129. The number of para-hydroxylation sites is 1. The van der Waals surface area contributed by atoms with Crippen LogP contribution in [0.4, 0.5) is 5.69 Å². The fourth-order valence-electron chi connectivity index (χ4n) is 4.84. The molecule has 5 rings (SSSR count). The van der Waals surface area contributed by atoms with Crippen LogP contribution >= 0.6 is 11.6 Å². The largest absolute Gasteiger partial charge is 0.494 e. The highest BCUT2D eigenvalue weighted by Gasteiger charge is 2.31. The number of carbonyl (C=O) groups is 3. The standard InChI is InChI=1S/C26H25ClN4O4/c27-14-21(32)31-11-8-15(9-12-31)7-10-28-25(34)16-5-6-20-18(13-16)24(33)23(29-20)22-17-3-1-2-4-19(17)30-26(22)35/h1-6,13,15,30,35H,7-12,14H2,(H,28,34). The minimum absolute atomic E-state index is 0.0134. The van der Waals surface area contributed by atoms with E-state index < -0.39 is 0 Å². The number of hydrogen-bond donors (Lipinski definition) is 3. The lowest BCUT2D eigenvalue weighted by Gasteiger charge is -2.31. The molecular weight excluding hydrogens is 468 g/mol. The summed E-state index contributed by atoms with van der Waals surface area (Å²) in [5.41, 5.74) is 2.44. The zero-order valence-electron chi connectivity index (χ0n) is 19.0. The molecule has 0 bridgehead atoms. The van der Waals surface area contributed by atoms with Crippen molar-refractivity contribution < 1.29 is 19.5 Å². The van der Waals surface area contributed by atoms with Gasteiger partial charge in [-0.15, -0.1) is 11.6 Å². The minimum atomic E-state index is -0.326. The molecule has 9 heteroatoms. The number of amides is 2. The molecule has 3 heterocycles. The molecule has 1 aromatic heterocycles. The van der Waals surface area contributed by atoms with E-state index in [0.29, 0.717) is 58.8 Å². The van der Waals surface area contributed by atoms with E-state index in [1.165, 1.54) is 0 Å². The van der Waals surface area contributed by atoms with Crippen molar-refractivity contribution in [3.05, 3.63) is 59.2 Å². The maximum Gasteiger partial charge on any atom is 0.251 e. The van der Waals surface area contributed by atoms with E-state index in [-0.39, 0.29) is 35.1 Å². The Morgan fingerprint density at radius 3 is 2.71 bits per heavy atom. The van der Waals surface area contributed by atoms with Crippen LogP contribution in [0.5, 0.6) is 5.88 Å². The quantitative estimate of drug-likeness (QED) is 0.454. The molecule has 1 fully saturated rings. The third-order valence-electron chi connectivity index (χ3n) is 6.79.